The molecule has 0 saturated carbocycles. The van der Waals surface area contributed by atoms with Crippen molar-refractivity contribution in [1.29, 1.82) is 0 Å². The molecule has 9 nitrogen and oxygen atoms in total. The summed E-state index contributed by atoms with van der Waals surface area (Å²) in [7, 11) is 1.59. The first kappa shape index (κ1) is 24.4. The summed E-state index contributed by atoms with van der Waals surface area (Å²) < 4.78 is 10.6. The molecule has 1 aromatic heterocycles. The number of nitrogens with two attached hydrogens (primary N) is 1. The number of primary amides is 1. The van der Waals surface area contributed by atoms with E-state index in [-0.39, 0.29) is 11.9 Å². The Kier molecular flexibility index (Phi) is 7.47. The Bertz CT molecular complexity index is 1010. The van der Waals surface area contributed by atoms with Crippen LogP contribution in [-0.2, 0) is 4.74 Å². The molecule has 4 amide bonds. The van der Waals surface area contributed by atoms with Crippen LogP contribution >= 0.6 is 11.3 Å². The van der Waals surface area contributed by atoms with Crippen LogP contribution in [0, 0.1) is 0 Å². The van der Waals surface area contributed by atoms with E-state index in [1.807, 2.05) is 45.0 Å². The van der Waals surface area contributed by atoms with Gasteiger partial charge in [-0.2, -0.15) is 0 Å². The maximum Gasteiger partial charge on any atom is 0.410 e. The van der Waals surface area contributed by atoms with Crippen LogP contribution < -0.4 is 21.1 Å². The van der Waals surface area contributed by atoms with Crippen LogP contribution in [-0.4, -0.2) is 54.8 Å². The number of hydrogen-bond acceptors (Lipinski definition) is 6. The van der Waals surface area contributed by atoms with E-state index in [1.54, 1.807) is 18.1 Å². The zero-order valence-corrected chi connectivity index (χ0v) is 20.1. The molecule has 1 atom stereocenters. The van der Waals surface area contributed by atoms with Gasteiger partial charge in [-0.1, -0.05) is 0 Å². The lowest BCUT2D eigenvalue weighted by atomic mass is 10.1. The fourth-order valence-corrected chi connectivity index (χ4v) is 4.58. The van der Waals surface area contributed by atoms with Crippen molar-refractivity contribution in [2.45, 2.75) is 45.3 Å². The van der Waals surface area contributed by atoms with E-state index in [0.29, 0.717) is 23.7 Å². The molecule has 1 aliphatic heterocycles. The molecular formula is C23H30N4O5S. The van der Waals surface area contributed by atoms with E-state index in [0.717, 1.165) is 29.0 Å². The minimum atomic E-state index is -0.749. The van der Waals surface area contributed by atoms with Gasteiger partial charge in [0.2, 0.25) is 0 Å². The van der Waals surface area contributed by atoms with Gasteiger partial charge in [0.05, 0.1) is 12.7 Å². The van der Waals surface area contributed by atoms with Crippen LogP contribution in [0.1, 0.15) is 44.0 Å². The summed E-state index contributed by atoms with van der Waals surface area (Å²) in [6, 6.07) is 8.14. The van der Waals surface area contributed by atoms with Crippen molar-refractivity contribution in [2.24, 2.45) is 5.73 Å². The van der Waals surface area contributed by atoms with Crippen molar-refractivity contribution in [3.05, 3.63) is 35.9 Å². The number of hydrogen-bond donors (Lipinski definition) is 3. The molecule has 1 unspecified atom stereocenters. The first-order chi connectivity index (χ1) is 15.6. The van der Waals surface area contributed by atoms with Gasteiger partial charge in [0.25, 0.3) is 5.91 Å². The van der Waals surface area contributed by atoms with Gasteiger partial charge in [-0.25, -0.2) is 9.59 Å². The number of benzene rings is 1. The SMILES string of the molecule is COc1ccc(-c2cc(C(=O)NC3CCCN(C(=O)OC(C)(C)C)C3)c(NC(N)=O)s2)cc1. The van der Waals surface area contributed by atoms with E-state index < -0.39 is 17.7 Å². The minimum Gasteiger partial charge on any atom is -0.497 e. The quantitative estimate of drug-likeness (QED) is 0.603. The Labute approximate surface area is 197 Å². The van der Waals surface area contributed by atoms with Gasteiger partial charge in [-0.15, -0.1) is 11.3 Å². The molecule has 1 aliphatic rings. The third-order valence-electron chi connectivity index (χ3n) is 5.00. The zero-order valence-electron chi connectivity index (χ0n) is 19.3. The van der Waals surface area contributed by atoms with Gasteiger partial charge in [0.15, 0.2) is 0 Å². The van der Waals surface area contributed by atoms with Gasteiger partial charge in [-0.3, -0.25) is 10.1 Å². The third-order valence-corrected chi connectivity index (χ3v) is 6.10. The molecule has 10 heteroatoms. The Morgan fingerprint density at radius 3 is 2.48 bits per heavy atom. The van der Waals surface area contributed by atoms with Crippen molar-refractivity contribution < 1.29 is 23.9 Å². The molecule has 0 aliphatic carbocycles. The molecule has 4 N–H and O–H groups in total. The second-order valence-electron chi connectivity index (χ2n) is 8.81. The number of thiophene rings is 1. The summed E-state index contributed by atoms with van der Waals surface area (Å²) in [5.74, 6) is 0.376. The molecule has 0 bridgehead atoms. The molecular weight excluding hydrogens is 444 g/mol. The Morgan fingerprint density at radius 2 is 1.88 bits per heavy atom. The van der Waals surface area contributed by atoms with Gasteiger partial charge in [0.1, 0.15) is 16.4 Å². The molecule has 178 valence electrons. The van der Waals surface area contributed by atoms with Gasteiger partial charge in [-0.05, 0) is 69.5 Å². The number of nitrogens with zero attached hydrogens (tertiary/aromatic N) is 1. The van der Waals surface area contributed by atoms with Gasteiger partial charge < -0.3 is 25.4 Å². The third kappa shape index (κ3) is 6.61. The normalized spacial score (nSPS) is 16.1. The van der Waals surface area contributed by atoms with E-state index in [2.05, 4.69) is 10.6 Å². The number of urea groups is 1. The van der Waals surface area contributed by atoms with Crippen molar-refractivity contribution in [3.63, 3.8) is 0 Å². The van der Waals surface area contributed by atoms with Gasteiger partial charge in [0, 0.05) is 24.0 Å². The van der Waals surface area contributed by atoms with Crippen LogP contribution in [0.15, 0.2) is 30.3 Å². The standard InChI is InChI=1S/C23H30N4O5S/c1-23(2,3)32-22(30)27-11-5-6-15(13-27)25-19(28)17-12-18(33-20(17)26-21(24)29)14-7-9-16(31-4)10-8-14/h7-10,12,15H,5-6,11,13H2,1-4H3,(H,25,28)(H3,24,26,29). The number of carbonyl (C=O) groups excluding carboxylic acids is 3. The van der Waals surface area contributed by atoms with Crippen LogP contribution in [0.3, 0.4) is 0 Å². The first-order valence-electron chi connectivity index (χ1n) is 10.7. The average Bonchev–Trinajstić information content (AvgIpc) is 3.16. The lowest BCUT2D eigenvalue weighted by molar-refractivity contribution is 0.0185. The molecule has 1 fully saturated rings. The highest BCUT2D eigenvalue weighted by Gasteiger charge is 2.29. The fraction of sp³-hybridized carbons (Fsp3) is 0.435. The fourth-order valence-electron chi connectivity index (χ4n) is 3.51. The molecule has 33 heavy (non-hydrogen) atoms. The lowest BCUT2D eigenvalue weighted by Crippen LogP contribution is -2.50. The summed E-state index contributed by atoms with van der Waals surface area (Å²) >= 11 is 1.26. The molecule has 1 saturated heterocycles. The zero-order chi connectivity index (χ0) is 24.2. The van der Waals surface area contributed by atoms with Crippen molar-refractivity contribution >= 4 is 34.4 Å². The molecule has 0 spiro atoms. The first-order valence-corrected chi connectivity index (χ1v) is 11.5. The van der Waals surface area contributed by atoms with Crippen molar-refractivity contribution in [2.75, 3.05) is 25.5 Å². The molecule has 2 aromatic rings. The molecule has 0 radical (unpaired) electrons. The predicted molar refractivity (Wildman–Crippen MR) is 128 cm³/mol. The number of nitrogens with one attached hydrogen (secondary N) is 2. The number of carbonyl (C=O) groups is 3. The van der Waals surface area contributed by atoms with Crippen LogP contribution in [0.5, 0.6) is 5.75 Å². The van der Waals surface area contributed by atoms with E-state index >= 15 is 0 Å². The monoisotopic (exact) mass is 474 g/mol. The Morgan fingerprint density at radius 1 is 1.18 bits per heavy atom. The topological polar surface area (TPSA) is 123 Å². The summed E-state index contributed by atoms with van der Waals surface area (Å²) in [4.78, 5) is 39.4. The number of amides is 4. The van der Waals surface area contributed by atoms with Crippen LogP contribution in [0.2, 0.25) is 0 Å². The van der Waals surface area contributed by atoms with E-state index in [4.69, 9.17) is 15.2 Å². The summed E-state index contributed by atoms with van der Waals surface area (Å²) in [6.07, 6.45) is 1.09. The maximum absolute atomic E-state index is 13.1. The van der Waals surface area contributed by atoms with E-state index in [1.165, 1.54) is 11.3 Å². The summed E-state index contributed by atoms with van der Waals surface area (Å²) in [5.41, 5.74) is 5.92. The Balaban J connectivity index is 1.75. The number of methoxy groups -OCH3 is 1. The minimum absolute atomic E-state index is 0.232. The summed E-state index contributed by atoms with van der Waals surface area (Å²) in [5, 5.41) is 5.90. The molecule has 3 rings (SSSR count). The highest BCUT2D eigenvalue weighted by Crippen LogP contribution is 2.36. The number of piperidine rings is 1. The largest absolute Gasteiger partial charge is 0.497 e. The molecule has 2 heterocycles. The second-order valence-corrected chi connectivity index (χ2v) is 9.86. The summed E-state index contributed by atoms with van der Waals surface area (Å²) in [6.45, 7) is 6.39. The number of anilines is 1. The lowest BCUT2D eigenvalue weighted by Gasteiger charge is -2.34. The van der Waals surface area contributed by atoms with E-state index in [9.17, 15) is 14.4 Å². The second kappa shape index (κ2) is 10.1. The maximum atomic E-state index is 13.1. The number of rotatable bonds is 5. The smallest absolute Gasteiger partial charge is 0.410 e. The Hall–Kier alpha value is -3.27. The van der Waals surface area contributed by atoms with Crippen LogP contribution in [0.4, 0.5) is 14.6 Å². The molecule has 1 aromatic carbocycles. The number of likely N-dealkylation sites (tertiary alicyclic amines) is 1. The highest BCUT2D eigenvalue weighted by atomic mass is 32.1. The predicted octanol–water partition coefficient (Wildman–Crippen LogP) is 4.04. The number of ether oxygens (including phenoxy) is 2. The van der Waals surface area contributed by atoms with Crippen LogP contribution in [0.25, 0.3) is 10.4 Å². The average molecular weight is 475 g/mol. The highest BCUT2D eigenvalue weighted by molar-refractivity contribution is 7.20. The van der Waals surface area contributed by atoms with Crippen molar-refractivity contribution in [3.8, 4) is 16.2 Å². The van der Waals surface area contributed by atoms with Crippen molar-refractivity contribution in [1.82, 2.24) is 10.2 Å². The van der Waals surface area contributed by atoms with Gasteiger partial charge >= 0.3 is 12.1 Å².